The van der Waals surface area contributed by atoms with Crippen molar-refractivity contribution in [3.63, 3.8) is 0 Å². The summed E-state index contributed by atoms with van der Waals surface area (Å²) in [5.41, 5.74) is 1.98. The number of carbonyl (C=O) groups is 1. The zero-order valence-electron chi connectivity index (χ0n) is 12.3. The lowest BCUT2D eigenvalue weighted by Crippen LogP contribution is -1.96. The largest absolute Gasteiger partial charge is 0.466 e. The Morgan fingerprint density at radius 3 is 2.82 bits per heavy atom. The number of aromatic nitrogens is 1. The molecule has 0 aliphatic heterocycles. The van der Waals surface area contributed by atoms with Gasteiger partial charge in [-0.25, -0.2) is 9.78 Å². The smallest absolute Gasteiger partial charge is 0.330 e. The molecule has 2 aromatic rings. The second kappa shape index (κ2) is 6.48. The molecule has 0 bridgehead atoms. The lowest BCUT2D eigenvalue weighted by Gasteiger charge is -2.03. The van der Waals surface area contributed by atoms with Crippen molar-refractivity contribution in [1.29, 1.82) is 0 Å². The average molecular weight is 318 g/mol. The van der Waals surface area contributed by atoms with Crippen molar-refractivity contribution in [2.75, 3.05) is 7.11 Å². The van der Waals surface area contributed by atoms with Gasteiger partial charge in [0, 0.05) is 23.8 Å². The second-order valence-corrected chi connectivity index (χ2v) is 5.77. The molecule has 6 nitrogen and oxygen atoms in total. The van der Waals surface area contributed by atoms with Gasteiger partial charge in [0.05, 0.1) is 27.6 Å². The number of ether oxygens (including phenoxy) is 1. The molecule has 0 N–H and O–H groups in total. The zero-order valence-corrected chi connectivity index (χ0v) is 13.1. The molecule has 0 fully saturated rings. The van der Waals surface area contributed by atoms with Crippen molar-refractivity contribution in [3.8, 4) is 11.3 Å². The topological polar surface area (TPSA) is 82.3 Å². The Morgan fingerprint density at radius 2 is 2.18 bits per heavy atom. The Kier molecular flexibility index (Phi) is 4.67. The minimum absolute atomic E-state index is 0.00343. The van der Waals surface area contributed by atoms with E-state index >= 15 is 0 Å². The van der Waals surface area contributed by atoms with Crippen LogP contribution in [0.4, 0.5) is 5.69 Å². The molecule has 0 aliphatic rings. The highest BCUT2D eigenvalue weighted by Gasteiger charge is 2.16. The molecule has 0 saturated heterocycles. The molecule has 114 valence electrons. The average Bonchev–Trinajstić information content (AvgIpc) is 2.89. The van der Waals surface area contributed by atoms with Crippen LogP contribution < -0.4 is 0 Å². The lowest BCUT2D eigenvalue weighted by atomic mass is 10.1. The number of allylic oxidation sites excluding steroid dienone is 1. The third kappa shape index (κ3) is 3.37. The van der Waals surface area contributed by atoms with Crippen LogP contribution in [0.1, 0.15) is 16.8 Å². The zero-order chi connectivity index (χ0) is 16.3. The van der Waals surface area contributed by atoms with Gasteiger partial charge < -0.3 is 4.74 Å². The Labute approximate surface area is 131 Å². The van der Waals surface area contributed by atoms with E-state index in [0.717, 1.165) is 9.88 Å². The van der Waals surface area contributed by atoms with Crippen LogP contribution in [-0.4, -0.2) is 23.0 Å². The molecule has 0 aliphatic carbocycles. The van der Waals surface area contributed by atoms with Gasteiger partial charge >= 0.3 is 5.97 Å². The predicted molar refractivity (Wildman–Crippen MR) is 84.6 cm³/mol. The van der Waals surface area contributed by atoms with Gasteiger partial charge in [-0.3, -0.25) is 10.1 Å². The molecule has 1 aromatic carbocycles. The number of nitro benzene ring substituents is 1. The molecule has 1 heterocycles. The molecule has 2 rings (SSSR count). The minimum atomic E-state index is -0.450. The van der Waals surface area contributed by atoms with E-state index in [4.69, 9.17) is 0 Å². The first-order chi connectivity index (χ1) is 10.4. The maximum Gasteiger partial charge on any atom is 0.330 e. The number of thiazole rings is 1. The second-order valence-electron chi connectivity index (χ2n) is 4.57. The summed E-state index contributed by atoms with van der Waals surface area (Å²) in [6, 6.07) is 6.28. The van der Waals surface area contributed by atoms with E-state index in [1.807, 2.05) is 6.92 Å². The number of hydrogen-bond donors (Lipinski definition) is 0. The van der Waals surface area contributed by atoms with Gasteiger partial charge in [-0.15, -0.1) is 11.3 Å². The van der Waals surface area contributed by atoms with Crippen molar-refractivity contribution >= 4 is 28.6 Å². The molecule has 0 radical (unpaired) electrons. The third-order valence-corrected chi connectivity index (χ3v) is 4.06. The highest BCUT2D eigenvalue weighted by Crippen LogP contribution is 2.34. The van der Waals surface area contributed by atoms with E-state index in [2.05, 4.69) is 9.72 Å². The van der Waals surface area contributed by atoms with E-state index in [1.165, 1.54) is 36.7 Å². The van der Waals surface area contributed by atoms with Gasteiger partial charge in [-0.05, 0) is 19.4 Å². The number of nitro groups is 1. The predicted octanol–water partition coefficient (Wildman–Crippen LogP) is 3.60. The van der Waals surface area contributed by atoms with Crippen LogP contribution in [0, 0.1) is 17.0 Å². The summed E-state index contributed by atoms with van der Waals surface area (Å²) >= 11 is 1.43. The summed E-state index contributed by atoms with van der Waals surface area (Å²) < 4.78 is 4.62. The molecule has 0 saturated carbocycles. The number of benzene rings is 1. The lowest BCUT2D eigenvalue weighted by molar-refractivity contribution is -0.384. The van der Waals surface area contributed by atoms with Crippen LogP contribution in [0.3, 0.4) is 0 Å². The van der Waals surface area contributed by atoms with Crippen LogP contribution in [0.2, 0.25) is 0 Å². The van der Waals surface area contributed by atoms with Crippen molar-refractivity contribution in [1.82, 2.24) is 4.98 Å². The summed E-state index contributed by atoms with van der Waals surface area (Å²) in [5, 5.41) is 11.7. The number of nitrogens with zero attached hydrogens (tertiary/aromatic N) is 2. The van der Waals surface area contributed by atoms with Crippen LogP contribution in [0.5, 0.6) is 0 Å². The van der Waals surface area contributed by atoms with Crippen LogP contribution >= 0.6 is 11.3 Å². The Bertz CT molecular complexity index is 765. The number of hydrogen-bond acceptors (Lipinski definition) is 6. The first-order valence-electron chi connectivity index (χ1n) is 6.41. The molecular weight excluding hydrogens is 304 g/mol. The number of esters is 1. The van der Waals surface area contributed by atoms with E-state index in [9.17, 15) is 14.9 Å². The van der Waals surface area contributed by atoms with Gasteiger partial charge in [0.2, 0.25) is 0 Å². The fraction of sp³-hybridized carbons (Fsp3) is 0.200. The maximum absolute atomic E-state index is 11.4. The normalized spacial score (nSPS) is 11.3. The number of rotatable bonds is 4. The summed E-state index contributed by atoms with van der Waals surface area (Å²) in [4.78, 5) is 27.1. The van der Waals surface area contributed by atoms with Crippen molar-refractivity contribution in [2.24, 2.45) is 0 Å². The van der Waals surface area contributed by atoms with Crippen molar-refractivity contribution in [3.05, 3.63) is 50.3 Å². The van der Waals surface area contributed by atoms with Crippen LogP contribution in [-0.2, 0) is 9.53 Å². The fourth-order valence-electron chi connectivity index (χ4n) is 1.96. The monoisotopic (exact) mass is 318 g/mol. The highest BCUT2D eigenvalue weighted by molar-refractivity contribution is 7.13. The SMILES string of the molecule is COC(=O)/C=C(\C)c1sc(C)nc1-c1cccc([N+](=O)[O-])c1. The molecule has 0 unspecified atom stereocenters. The highest BCUT2D eigenvalue weighted by atomic mass is 32.1. The van der Waals surface area contributed by atoms with Gasteiger partial charge in [-0.2, -0.15) is 0 Å². The third-order valence-electron chi connectivity index (χ3n) is 2.96. The summed E-state index contributed by atoms with van der Waals surface area (Å²) in [7, 11) is 1.31. The number of aryl methyl sites for hydroxylation is 1. The number of carbonyl (C=O) groups excluding carboxylic acids is 1. The Balaban J connectivity index is 2.53. The van der Waals surface area contributed by atoms with E-state index < -0.39 is 10.9 Å². The van der Waals surface area contributed by atoms with Gasteiger partial charge in [-0.1, -0.05) is 12.1 Å². The Hall–Kier alpha value is -2.54. The maximum atomic E-state index is 11.4. The van der Waals surface area contributed by atoms with Gasteiger partial charge in [0.1, 0.15) is 0 Å². The van der Waals surface area contributed by atoms with Crippen LogP contribution in [0.25, 0.3) is 16.8 Å². The molecular formula is C15H14N2O4S. The number of non-ortho nitro benzene ring substituents is 1. The molecule has 0 spiro atoms. The van der Waals surface area contributed by atoms with Crippen molar-refractivity contribution < 1.29 is 14.5 Å². The van der Waals surface area contributed by atoms with Gasteiger partial charge in [0.15, 0.2) is 0 Å². The number of methoxy groups -OCH3 is 1. The first-order valence-corrected chi connectivity index (χ1v) is 7.23. The first kappa shape index (κ1) is 15.8. The van der Waals surface area contributed by atoms with Crippen molar-refractivity contribution in [2.45, 2.75) is 13.8 Å². The minimum Gasteiger partial charge on any atom is -0.466 e. The molecule has 7 heteroatoms. The molecule has 1 aromatic heterocycles. The van der Waals surface area contributed by atoms with Crippen LogP contribution in [0.15, 0.2) is 30.3 Å². The standard InChI is InChI=1S/C15H14N2O4S/c1-9(7-13(18)21-3)15-14(16-10(2)22-15)11-5-4-6-12(8-11)17(19)20/h4-8H,1-3H3/b9-7+. The molecule has 0 amide bonds. The Morgan fingerprint density at radius 1 is 1.45 bits per heavy atom. The molecule has 0 atom stereocenters. The van der Waals surface area contributed by atoms with E-state index in [0.29, 0.717) is 16.8 Å². The van der Waals surface area contributed by atoms with Gasteiger partial charge in [0.25, 0.3) is 5.69 Å². The fourth-order valence-corrected chi connectivity index (χ4v) is 2.87. The summed E-state index contributed by atoms with van der Waals surface area (Å²) in [6.45, 7) is 3.63. The summed E-state index contributed by atoms with van der Waals surface area (Å²) in [5.74, 6) is -0.450. The quantitative estimate of drug-likeness (QED) is 0.372. The van der Waals surface area contributed by atoms with E-state index in [-0.39, 0.29) is 5.69 Å². The summed E-state index contributed by atoms with van der Waals surface area (Å²) in [6.07, 6.45) is 1.38. The van der Waals surface area contributed by atoms with E-state index in [1.54, 1.807) is 19.1 Å². The molecule has 22 heavy (non-hydrogen) atoms.